The first-order valence-corrected chi connectivity index (χ1v) is 12.7. The molecule has 0 spiro atoms. The van der Waals surface area contributed by atoms with E-state index in [1.54, 1.807) is 48.5 Å². The lowest BCUT2D eigenvalue weighted by atomic mass is 10.2. The highest BCUT2D eigenvalue weighted by molar-refractivity contribution is 7.92. The van der Waals surface area contributed by atoms with Crippen LogP contribution >= 0.6 is 11.6 Å². The number of benzene rings is 3. The van der Waals surface area contributed by atoms with Crippen LogP contribution in [0.3, 0.4) is 0 Å². The van der Waals surface area contributed by atoms with Gasteiger partial charge in [0.1, 0.15) is 18.1 Å². The summed E-state index contributed by atoms with van der Waals surface area (Å²) in [6, 6.07) is 18.3. The molecular weight excluding hydrogens is 511 g/mol. The molecule has 0 saturated heterocycles. The largest absolute Gasteiger partial charge is 0.484 e. The normalized spacial score (nSPS) is 11.2. The summed E-state index contributed by atoms with van der Waals surface area (Å²) >= 11 is 6.01. The number of nitrogens with zero attached hydrogens (tertiary/aromatic N) is 2. The molecule has 2 N–H and O–H groups in total. The van der Waals surface area contributed by atoms with Gasteiger partial charge in [-0.2, -0.15) is 5.10 Å². The first kappa shape index (κ1) is 26.6. The molecule has 0 bridgehead atoms. The van der Waals surface area contributed by atoms with Gasteiger partial charge < -0.3 is 10.1 Å². The fourth-order valence-corrected chi connectivity index (χ4v) is 3.95. The van der Waals surface area contributed by atoms with Gasteiger partial charge in [0, 0.05) is 0 Å². The topological polar surface area (TPSA) is 117 Å². The van der Waals surface area contributed by atoms with E-state index in [9.17, 15) is 22.4 Å². The van der Waals surface area contributed by atoms with Crippen molar-refractivity contribution in [2.24, 2.45) is 5.10 Å². The summed E-state index contributed by atoms with van der Waals surface area (Å²) in [5.74, 6) is -1.29. The summed E-state index contributed by atoms with van der Waals surface area (Å²) in [6.45, 7) is -0.806. The molecule has 0 aliphatic rings. The minimum atomic E-state index is -3.84. The van der Waals surface area contributed by atoms with Crippen molar-refractivity contribution in [2.75, 3.05) is 29.0 Å². The summed E-state index contributed by atoms with van der Waals surface area (Å²) < 4.78 is 43.8. The first-order chi connectivity index (χ1) is 17.1. The van der Waals surface area contributed by atoms with Crippen molar-refractivity contribution in [3.05, 3.63) is 89.2 Å². The highest BCUT2D eigenvalue weighted by atomic mass is 35.5. The molecule has 0 atom stereocenters. The Hall–Kier alpha value is -3.96. The fourth-order valence-electron chi connectivity index (χ4n) is 2.92. The first-order valence-electron chi connectivity index (χ1n) is 10.4. The number of hydrazone groups is 1. The van der Waals surface area contributed by atoms with E-state index in [1.165, 1.54) is 24.4 Å². The third-order valence-corrected chi connectivity index (χ3v) is 6.05. The van der Waals surface area contributed by atoms with Gasteiger partial charge in [-0.1, -0.05) is 29.8 Å². The van der Waals surface area contributed by atoms with Gasteiger partial charge in [-0.15, -0.1) is 0 Å². The number of carbonyl (C=O) groups excluding carboxylic acids is 2. The fraction of sp³-hybridized carbons (Fsp3) is 0.125. The monoisotopic (exact) mass is 532 g/mol. The second-order valence-corrected chi connectivity index (χ2v) is 9.74. The Morgan fingerprint density at radius 2 is 1.78 bits per heavy atom. The number of sulfonamides is 1. The van der Waals surface area contributed by atoms with E-state index < -0.39 is 28.3 Å². The molecule has 0 saturated carbocycles. The zero-order chi connectivity index (χ0) is 26.1. The molecule has 12 heteroatoms. The van der Waals surface area contributed by atoms with E-state index >= 15 is 0 Å². The van der Waals surface area contributed by atoms with Gasteiger partial charge >= 0.3 is 0 Å². The van der Waals surface area contributed by atoms with Crippen LogP contribution < -0.4 is 19.8 Å². The van der Waals surface area contributed by atoms with E-state index in [1.807, 2.05) is 0 Å². The van der Waals surface area contributed by atoms with Crippen molar-refractivity contribution in [1.82, 2.24) is 5.43 Å². The van der Waals surface area contributed by atoms with Gasteiger partial charge in [-0.05, 0) is 60.2 Å². The Kier molecular flexibility index (Phi) is 8.98. The van der Waals surface area contributed by atoms with Crippen LogP contribution in [0, 0.1) is 5.82 Å². The summed E-state index contributed by atoms with van der Waals surface area (Å²) in [5, 5.41) is 6.87. The van der Waals surface area contributed by atoms with Gasteiger partial charge in [0.15, 0.2) is 6.61 Å². The molecule has 0 unspecified atom stereocenters. The smallest absolute Gasteiger partial charge is 0.262 e. The van der Waals surface area contributed by atoms with Crippen LogP contribution in [0.1, 0.15) is 5.56 Å². The number of carbonyl (C=O) groups is 2. The minimum absolute atomic E-state index is 0.0211. The second kappa shape index (κ2) is 12.1. The lowest BCUT2D eigenvalue weighted by Crippen LogP contribution is -2.39. The number of ether oxygens (including phenoxy) is 1. The molecule has 0 fully saturated rings. The summed E-state index contributed by atoms with van der Waals surface area (Å²) in [7, 11) is -3.84. The lowest BCUT2D eigenvalue weighted by Gasteiger charge is -2.21. The third-order valence-electron chi connectivity index (χ3n) is 4.58. The number of hydrogen-bond donors (Lipinski definition) is 2. The van der Waals surface area contributed by atoms with Crippen molar-refractivity contribution in [1.29, 1.82) is 0 Å². The maximum absolute atomic E-state index is 13.5. The molecule has 0 aromatic heterocycles. The third kappa shape index (κ3) is 8.07. The van der Waals surface area contributed by atoms with Gasteiger partial charge in [0.05, 0.1) is 28.9 Å². The Labute approximate surface area is 212 Å². The van der Waals surface area contributed by atoms with E-state index in [4.69, 9.17) is 16.3 Å². The van der Waals surface area contributed by atoms with Crippen molar-refractivity contribution in [3.8, 4) is 5.75 Å². The van der Waals surface area contributed by atoms with E-state index in [0.717, 1.165) is 16.6 Å². The molecule has 188 valence electrons. The van der Waals surface area contributed by atoms with Gasteiger partial charge in [0.2, 0.25) is 10.0 Å². The number of rotatable bonds is 10. The highest BCUT2D eigenvalue weighted by Crippen LogP contribution is 2.20. The number of nitrogens with one attached hydrogen (secondary N) is 2. The van der Waals surface area contributed by atoms with Crippen LogP contribution in [0.5, 0.6) is 5.75 Å². The number of halogens is 2. The van der Waals surface area contributed by atoms with Gasteiger partial charge in [-0.25, -0.2) is 18.2 Å². The van der Waals surface area contributed by atoms with Gasteiger partial charge in [0.25, 0.3) is 11.8 Å². The molecule has 0 aliphatic heterocycles. The summed E-state index contributed by atoms with van der Waals surface area (Å²) in [6.07, 6.45) is 2.26. The number of anilines is 2. The average molecular weight is 533 g/mol. The van der Waals surface area contributed by atoms with Gasteiger partial charge in [-0.3, -0.25) is 13.9 Å². The van der Waals surface area contributed by atoms with E-state index in [2.05, 4.69) is 15.8 Å². The molecule has 36 heavy (non-hydrogen) atoms. The highest BCUT2D eigenvalue weighted by Gasteiger charge is 2.21. The zero-order valence-electron chi connectivity index (χ0n) is 19.0. The Bertz CT molecular complexity index is 1370. The number of hydrogen-bond acceptors (Lipinski definition) is 6. The SMILES string of the molecule is CS(=O)(=O)N(CC(=O)N/N=C\c1ccc(OCC(=O)Nc2ccccc2Cl)cc1)c1cccc(F)c1. The van der Waals surface area contributed by atoms with Crippen molar-refractivity contribution in [3.63, 3.8) is 0 Å². The molecule has 2 amide bonds. The lowest BCUT2D eigenvalue weighted by molar-refractivity contribution is -0.119. The number of amides is 2. The van der Waals surface area contributed by atoms with Crippen LogP contribution in [0.2, 0.25) is 5.02 Å². The van der Waals surface area contributed by atoms with Crippen LogP contribution in [0.15, 0.2) is 77.9 Å². The predicted molar refractivity (Wildman–Crippen MR) is 136 cm³/mol. The van der Waals surface area contributed by atoms with Crippen LogP contribution in [0.4, 0.5) is 15.8 Å². The van der Waals surface area contributed by atoms with Crippen molar-refractivity contribution < 1.29 is 27.1 Å². The summed E-state index contributed by atoms with van der Waals surface area (Å²) in [4.78, 5) is 24.3. The Morgan fingerprint density at radius 1 is 1.06 bits per heavy atom. The molecule has 3 aromatic rings. The van der Waals surface area contributed by atoms with E-state index in [0.29, 0.717) is 22.0 Å². The molecular formula is C24H22ClFN4O5S. The molecule has 0 heterocycles. The predicted octanol–water partition coefficient (Wildman–Crippen LogP) is 3.41. The van der Waals surface area contributed by atoms with Crippen LogP contribution in [-0.4, -0.2) is 45.9 Å². The van der Waals surface area contributed by atoms with Crippen molar-refractivity contribution >= 4 is 51.0 Å². The standard InChI is InChI=1S/C24H22ClFN4O5S/c1-36(33,34)30(19-6-4-5-18(26)13-19)15-23(31)29-27-14-17-9-11-20(12-10-17)35-16-24(32)28-22-8-3-2-7-21(22)25/h2-14H,15-16H2,1H3,(H,28,32)(H,29,31)/b27-14-. The summed E-state index contributed by atoms with van der Waals surface area (Å²) in [5.41, 5.74) is 3.35. The maximum atomic E-state index is 13.5. The zero-order valence-corrected chi connectivity index (χ0v) is 20.6. The molecule has 0 radical (unpaired) electrons. The molecule has 0 aliphatic carbocycles. The minimum Gasteiger partial charge on any atom is -0.484 e. The molecule has 3 aromatic carbocycles. The van der Waals surface area contributed by atoms with E-state index in [-0.39, 0.29) is 18.2 Å². The quantitative estimate of drug-likeness (QED) is 0.306. The maximum Gasteiger partial charge on any atom is 0.262 e. The molecule has 3 rings (SSSR count). The Balaban J connectivity index is 1.50. The molecule has 9 nitrogen and oxygen atoms in total. The Morgan fingerprint density at radius 3 is 2.44 bits per heavy atom. The van der Waals surface area contributed by atoms with Crippen molar-refractivity contribution in [2.45, 2.75) is 0 Å². The average Bonchev–Trinajstić information content (AvgIpc) is 2.83. The van der Waals surface area contributed by atoms with Crippen LogP contribution in [0.25, 0.3) is 0 Å². The number of para-hydroxylation sites is 1. The van der Waals surface area contributed by atoms with Crippen LogP contribution in [-0.2, 0) is 19.6 Å². The second-order valence-electron chi connectivity index (χ2n) is 7.43.